The van der Waals surface area contributed by atoms with Gasteiger partial charge in [0.2, 0.25) is 0 Å². The fourth-order valence-corrected chi connectivity index (χ4v) is 15.1. The van der Waals surface area contributed by atoms with Crippen LogP contribution in [0.3, 0.4) is 0 Å². The average Bonchev–Trinajstić information content (AvgIpc) is 0.711. The molecule has 0 unspecified atom stereocenters. The molecule has 17 rings (SSSR count). The monoisotopic (exact) mass is 1250 g/mol. The van der Waals surface area contributed by atoms with E-state index >= 15 is 0 Å². The van der Waals surface area contributed by atoms with E-state index < -0.39 is 18.5 Å². The number of fused-ring (bicyclic) bond motifs is 10. The fraction of sp³-hybridized carbons (Fsp3) is 0.143. The molecule has 464 valence electrons. The molecule has 2 aromatic heterocycles. The zero-order chi connectivity index (χ0) is 74.1. The van der Waals surface area contributed by atoms with Crippen molar-refractivity contribution in [1.29, 1.82) is 0 Å². The van der Waals surface area contributed by atoms with Crippen molar-refractivity contribution in [3.63, 3.8) is 0 Å². The van der Waals surface area contributed by atoms with Crippen LogP contribution in [0, 0.1) is 5.41 Å². The number of hydrogen-bond donors (Lipinski definition) is 0. The average molecular weight is 1250 g/mol. The predicted octanol–water partition coefficient (Wildman–Crippen LogP) is 22.8. The normalized spacial score (nSPS) is 14.7. The maximum atomic E-state index is 10.7. The summed E-state index contributed by atoms with van der Waals surface area (Å²) in [5.74, 6) is 0. The molecule has 13 aromatic carbocycles. The van der Waals surface area contributed by atoms with Crippen molar-refractivity contribution in [3.8, 4) is 55.9 Å². The molecule has 5 heteroatoms. The second kappa shape index (κ2) is 22.4. The minimum Gasteiger partial charge on any atom is -0.310 e. The smallest absolute Gasteiger partial charge is 0.252 e. The zero-order valence-electron chi connectivity index (χ0n) is 65.5. The van der Waals surface area contributed by atoms with Crippen LogP contribution in [0.2, 0.25) is 0 Å². The molecule has 0 radical (unpaired) electrons. The Kier molecular flexibility index (Phi) is 11.4. The lowest BCUT2D eigenvalue weighted by Crippen LogP contribution is -2.61. The molecule has 0 saturated heterocycles. The number of aromatic nitrogens is 2. The standard InChI is InChI=1S/C91H77BN4/c1-89(2,3)58-59-52-84-86-85(53-59)96(88-70(62-32-18-12-19-33-62)40-27-41-71(88)63-34-20-13-21-35-63)83-57-67(94-79-43-25-23-37-73(79)75-55-65(91(7,8)9)45-51-81(75)94)47-49-77(83)92(86)76-48-46-66(93-78-42-24-22-36-72(78)74-54-64(90(4,5)6)44-50-80(74)93)56-82(76)95(84)87-68(60-28-14-10-15-29-60)38-26-39-69(87)61-30-16-11-17-31-61/h10-57H,58H2,1-9H3/i22D,23D,24D,25D,36D,37D,42D,43D,58D2. The van der Waals surface area contributed by atoms with Gasteiger partial charge in [0.25, 0.3) is 6.71 Å². The van der Waals surface area contributed by atoms with Crippen LogP contribution in [0.15, 0.2) is 291 Å². The zero-order valence-corrected chi connectivity index (χ0v) is 55.5. The third kappa shape index (κ3) is 9.72. The number of nitrogens with zero attached hydrogens (tertiary/aromatic N) is 4. The Morgan fingerprint density at radius 3 is 1.06 bits per heavy atom. The van der Waals surface area contributed by atoms with Gasteiger partial charge in [0.1, 0.15) is 0 Å². The summed E-state index contributed by atoms with van der Waals surface area (Å²) < 4.78 is 102. The Morgan fingerprint density at radius 2 is 0.708 bits per heavy atom. The van der Waals surface area contributed by atoms with Crippen LogP contribution < -0.4 is 26.2 Å². The lowest BCUT2D eigenvalue weighted by atomic mass is 9.33. The van der Waals surface area contributed by atoms with Crippen molar-refractivity contribution >= 4 is 101 Å². The highest BCUT2D eigenvalue weighted by Gasteiger charge is 2.46. The van der Waals surface area contributed by atoms with Crippen molar-refractivity contribution in [2.75, 3.05) is 9.80 Å². The molecule has 0 amide bonds. The molecule has 0 bridgehead atoms. The third-order valence-electron chi connectivity index (χ3n) is 19.5. The van der Waals surface area contributed by atoms with Crippen LogP contribution in [0.4, 0.5) is 34.1 Å². The number of para-hydroxylation sites is 4. The topological polar surface area (TPSA) is 16.3 Å². The van der Waals surface area contributed by atoms with E-state index in [0.717, 1.165) is 106 Å². The van der Waals surface area contributed by atoms with E-state index in [2.05, 4.69) is 258 Å². The minimum absolute atomic E-state index is 0.125. The maximum Gasteiger partial charge on any atom is 0.252 e. The first-order valence-electron chi connectivity index (χ1n) is 38.3. The van der Waals surface area contributed by atoms with E-state index in [1.807, 2.05) is 66.3 Å². The van der Waals surface area contributed by atoms with Crippen LogP contribution in [0.5, 0.6) is 0 Å². The molecule has 0 atom stereocenters. The summed E-state index contributed by atoms with van der Waals surface area (Å²) in [5.41, 5.74) is 19.0. The SMILES string of the molecule is [2H]c1c([2H])c([2H])c2c(c1[2H])c1cc(C(C)(C)C)ccc1n2-c1ccc2c(c1)N(c1c(-c3ccccc3)cccc1-c1ccccc1)c1cc(C([2H])([2H])C(C)(C)C)cc3c1B2c1ccc(-n2c4ccc(C(C)(C)C)cc4c4c([2H])c([2H])c([2H])c([2H])c42)cc1N3c1c(-c2ccccc2)cccc1-c1ccccc1. The molecule has 0 aliphatic carbocycles. The van der Waals surface area contributed by atoms with Gasteiger partial charge >= 0.3 is 0 Å². The van der Waals surface area contributed by atoms with Crippen LogP contribution in [0.1, 0.15) is 92.7 Å². The number of anilines is 6. The van der Waals surface area contributed by atoms with Crippen molar-refractivity contribution in [2.45, 2.75) is 79.5 Å². The van der Waals surface area contributed by atoms with E-state index in [1.54, 1.807) is 0 Å². The van der Waals surface area contributed by atoms with E-state index in [9.17, 15) is 11.0 Å². The van der Waals surface area contributed by atoms with E-state index in [-0.39, 0.29) is 59.2 Å². The van der Waals surface area contributed by atoms with Crippen molar-refractivity contribution < 1.29 is 13.7 Å². The molecule has 15 aromatic rings. The molecular weight excluding hydrogens is 1160 g/mol. The minimum atomic E-state index is -2.02. The van der Waals surface area contributed by atoms with Crippen LogP contribution in [0.25, 0.3) is 99.5 Å². The van der Waals surface area contributed by atoms with Gasteiger partial charge in [-0.1, -0.05) is 281 Å². The molecule has 0 spiro atoms. The Labute approximate surface area is 579 Å². The summed E-state index contributed by atoms with van der Waals surface area (Å²) in [6.07, 6.45) is -2.02. The quantitative estimate of drug-likeness (QED) is 0.134. The Hall–Kier alpha value is -10.9. The van der Waals surface area contributed by atoms with Gasteiger partial charge in [0, 0.05) is 80.7 Å². The molecular formula is C91H77BN4. The fourth-order valence-electron chi connectivity index (χ4n) is 15.1. The summed E-state index contributed by atoms with van der Waals surface area (Å²) in [6.45, 7) is 18.1. The Bertz CT molecular complexity index is 5690. The summed E-state index contributed by atoms with van der Waals surface area (Å²) >= 11 is 0. The van der Waals surface area contributed by atoms with Crippen LogP contribution in [-0.2, 0) is 17.2 Å². The van der Waals surface area contributed by atoms with Gasteiger partial charge in [-0.25, -0.2) is 0 Å². The van der Waals surface area contributed by atoms with Crippen LogP contribution in [-0.4, -0.2) is 15.8 Å². The van der Waals surface area contributed by atoms with Gasteiger partial charge in [-0.05, 0) is 151 Å². The largest absolute Gasteiger partial charge is 0.310 e. The highest BCUT2D eigenvalue weighted by Crippen LogP contribution is 2.54. The Morgan fingerprint density at radius 1 is 0.344 bits per heavy atom. The van der Waals surface area contributed by atoms with Crippen molar-refractivity contribution in [2.24, 2.45) is 5.41 Å². The van der Waals surface area contributed by atoms with Crippen molar-refractivity contribution in [3.05, 3.63) is 308 Å². The molecule has 96 heavy (non-hydrogen) atoms. The van der Waals surface area contributed by atoms with Gasteiger partial charge in [0.15, 0.2) is 0 Å². The summed E-state index contributed by atoms with van der Waals surface area (Å²) in [5, 5.41) is 2.24. The van der Waals surface area contributed by atoms with E-state index in [1.165, 1.54) is 0 Å². The predicted molar refractivity (Wildman–Crippen MR) is 411 cm³/mol. The molecule has 4 nitrogen and oxygen atoms in total. The van der Waals surface area contributed by atoms with Crippen LogP contribution >= 0.6 is 0 Å². The van der Waals surface area contributed by atoms with Gasteiger partial charge < -0.3 is 18.9 Å². The first-order chi connectivity index (χ1) is 50.6. The number of benzene rings is 13. The number of hydrogen-bond acceptors (Lipinski definition) is 2. The first-order valence-corrected chi connectivity index (χ1v) is 33.3. The van der Waals surface area contributed by atoms with Gasteiger partial charge in [-0.3, -0.25) is 0 Å². The summed E-state index contributed by atoms with van der Waals surface area (Å²) in [7, 11) is 0. The van der Waals surface area contributed by atoms with Gasteiger partial charge in [-0.15, -0.1) is 0 Å². The number of rotatable bonds is 9. The van der Waals surface area contributed by atoms with E-state index in [0.29, 0.717) is 60.5 Å². The molecule has 0 fully saturated rings. The van der Waals surface area contributed by atoms with Gasteiger partial charge in [-0.2, -0.15) is 0 Å². The van der Waals surface area contributed by atoms with E-state index in [4.69, 9.17) is 2.74 Å². The second-order valence-corrected chi connectivity index (χ2v) is 28.8. The van der Waals surface area contributed by atoms with Crippen molar-refractivity contribution in [1.82, 2.24) is 9.13 Å². The third-order valence-corrected chi connectivity index (χ3v) is 19.5. The molecule has 0 saturated carbocycles. The first kappa shape index (κ1) is 48.8. The lowest BCUT2D eigenvalue weighted by molar-refractivity contribution is 0.411. The highest BCUT2D eigenvalue weighted by atomic mass is 15.2. The lowest BCUT2D eigenvalue weighted by Gasteiger charge is -2.46. The molecule has 2 aliphatic heterocycles. The summed E-state index contributed by atoms with van der Waals surface area (Å²) in [4.78, 5) is 4.72. The summed E-state index contributed by atoms with van der Waals surface area (Å²) in [6, 6.07) is 82.1. The molecule has 4 heterocycles. The maximum absolute atomic E-state index is 10.7. The Balaban J connectivity index is 1.08. The highest BCUT2D eigenvalue weighted by molar-refractivity contribution is 7.00. The van der Waals surface area contributed by atoms with Gasteiger partial charge in [0.05, 0.1) is 44.4 Å². The molecule has 2 aliphatic rings. The molecule has 0 N–H and O–H groups in total. The second-order valence-electron chi connectivity index (χ2n) is 28.8.